The number of nitrogens with one attached hydrogen (secondary N) is 1. The van der Waals surface area contributed by atoms with Gasteiger partial charge in [-0.2, -0.15) is 5.10 Å². The van der Waals surface area contributed by atoms with E-state index in [4.69, 9.17) is 0 Å². The molecule has 0 amide bonds. The van der Waals surface area contributed by atoms with E-state index >= 15 is 0 Å². The molecule has 2 aromatic rings. The average Bonchev–Trinajstić information content (AvgIpc) is 2.36. The zero-order valence-electron chi connectivity index (χ0n) is 4.87. The molecule has 2 aromatic heterocycles. The van der Waals surface area contributed by atoms with E-state index < -0.39 is 0 Å². The van der Waals surface area contributed by atoms with Gasteiger partial charge in [0.1, 0.15) is 5.39 Å². The molecular formula is C5H3N3O2. The topological polar surface area (TPSA) is 71.8 Å². The third-order valence-electron chi connectivity index (χ3n) is 1.19. The lowest BCUT2D eigenvalue weighted by Crippen LogP contribution is -2.05. The molecule has 0 aliphatic carbocycles. The summed E-state index contributed by atoms with van der Waals surface area (Å²) in [5.74, 6) is 0. The van der Waals surface area contributed by atoms with E-state index in [1.807, 2.05) is 0 Å². The van der Waals surface area contributed by atoms with Crippen LogP contribution in [-0.2, 0) is 0 Å². The Balaban J connectivity index is 3.09. The van der Waals surface area contributed by atoms with Crippen molar-refractivity contribution in [1.82, 2.24) is 15.4 Å². The van der Waals surface area contributed by atoms with Gasteiger partial charge < -0.3 is 4.52 Å². The van der Waals surface area contributed by atoms with Crippen LogP contribution < -0.4 is 5.56 Å². The van der Waals surface area contributed by atoms with E-state index in [0.29, 0.717) is 11.0 Å². The van der Waals surface area contributed by atoms with E-state index in [1.54, 1.807) is 0 Å². The van der Waals surface area contributed by atoms with Crippen LogP contribution in [0.5, 0.6) is 0 Å². The molecule has 0 spiro atoms. The summed E-state index contributed by atoms with van der Waals surface area (Å²) in [7, 11) is 0. The van der Waals surface area contributed by atoms with Crippen LogP contribution in [0.2, 0.25) is 0 Å². The fraction of sp³-hybridized carbons (Fsp3) is 0. The van der Waals surface area contributed by atoms with Gasteiger partial charge in [0.15, 0.2) is 5.58 Å². The zero-order valence-corrected chi connectivity index (χ0v) is 4.87. The first kappa shape index (κ1) is 5.16. The predicted molar refractivity (Wildman–Crippen MR) is 32.4 cm³/mol. The highest BCUT2D eigenvalue weighted by Crippen LogP contribution is 2.02. The molecule has 0 saturated carbocycles. The van der Waals surface area contributed by atoms with Gasteiger partial charge in [0.25, 0.3) is 5.56 Å². The smallest absolute Gasteiger partial charge is 0.277 e. The van der Waals surface area contributed by atoms with Crippen LogP contribution in [0.3, 0.4) is 0 Å². The second kappa shape index (κ2) is 1.66. The lowest BCUT2D eigenvalue weighted by Gasteiger charge is -1.79. The number of hydrogen-bond donors (Lipinski definition) is 1. The molecule has 0 fully saturated rings. The summed E-state index contributed by atoms with van der Waals surface area (Å²) < 4.78 is 4.67. The minimum absolute atomic E-state index is 0.279. The Morgan fingerprint density at radius 2 is 2.40 bits per heavy atom. The maximum atomic E-state index is 10.8. The Bertz CT molecular complexity index is 402. The molecule has 0 aliphatic heterocycles. The van der Waals surface area contributed by atoms with Crippen molar-refractivity contribution >= 4 is 11.0 Å². The van der Waals surface area contributed by atoms with Crippen molar-refractivity contribution in [2.24, 2.45) is 0 Å². The van der Waals surface area contributed by atoms with E-state index in [0.717, 1.165) is 0 Å². The van der Waals surface area contributed by atoms with Crippen molar-refractivity contribution in [2.45, 2.75) is 0 Å². The lowest BCUT2D eigenvalue weighted by atomic mass is 10.4. The molecule has 10 heavy (non-hydrogen) atoms. The van der Waals surface area contributed by atoms with Crippen LogP contribution in [0.4, 0.5) is 0 Å². The van der Waals surface area contributed by atoms with Crippen molar-refractivity contribution in [3.05, 3.63) is 22.7 Å². The summed E-state index contributed by atoms with van der Waals surface area (Å²) in [6, 6.07) is 0. The van der Waals surface area contributed by atoms with Crippen molar-refractivity contribution in [2.75, 3.05) is 0 Å². The first-order valence-electron chi connectivity index (χ1n) is 2.66. The van der Waals surface area contributed by atoms with Gasteiger partial charge in [-0.25, -0.2) is 5.10 Å². The molecule has 5 heteroatoms. The summed E-state index contributed by atoms with van der Waals surface area (Å²) >= 11 is 0. The van der Waals surface area contributed by atoms with Crippen molar-refractivity contribution in [3.8, 4) is 0 Å². The molecule has 0 aliphatic rings. The zero-order chi connectivity index (χ0) is 6.97. The van der Waals surface area contributed by atoms with E-state index in [1.165, 1.54) is 12.4 Å². The fourth-order valence-corrected chi connectivity index (χ4v) is 0.722. The molecule has 2 heterocycles. The molecule has 0 aromatic carbocycles. The average molecular weight is 137 g/mol. The molecular weight excluding hydrogens is 134 g/mol. The van der Waals surface area contributed by atoms with Crippen molar-refractivity contribution in [3.63, 3.8) is 0 Å². The summed E-state index contributed by atoms with van der Waals surface area (Å²) in [5, 5.41) is 9.62. The minimum atomic E-state index is -0.279. The molecule has 2 rings (SSSR count). The van der Waals surface area contributed by atoms with E-state index in [-0.39, 0.29) is 5.56 Å². The Morgan fingerprint density at radius 3 is 3.20 bits per heavy atom. The number of rotatable bonds is 0. The van der Waals surface area contributed by atoms with Gasteiger partial charge in [-0.05, 0) is 0 Å². The normalized spacial score (nSPS) is 10.4. The number of nitrogens with zero attached hydrogens (tertiary/aromatic N) is 2. The minimum Gasteiger partial charge on any atom is -0.354 e. The van der Waals surface area contributed by atoms with E-state index in [9.17, 15) is 4.79 Å². The number of hydrogen-bond acceptors (Lipinski definition) is 4. The monoisotopic (exact) mass is 137 g/mol. The molecule has 1 N–H and O–H groups in total. The van der Waals surface area contributed by atoms with Crippen LogP contribution in [0.15, 0.2) is 21.7 Å². The highest BCUT2D eigenvalue weighted by atomic mass is 16.5. The number of fused-ring (bicyclic) bond motifs is 1. The van der Waals surface area contributed by atoms with Gasteiger partial charge in [0, 0.05) is 0 Å². The van der Waals surface area contributed by atoms with E-state index in [2.05, 4.69) is 19.9 Å². The molecule has 0 bridgehead atoms. The van der Waals surface area contributed by atoms with Crippen LogP contribution in [-0.4, -0.2) is 15.4 Å². The SMILES string of the molecule is O=c1[nH]ncc2oncc12. The summed E-state index contributed by atoms with van der Waals surface area (Å²) in [6.07, 6.45) is 2.76. The predicted octanol–water partition coefficient (Wildman–Crippen LogP) is -0.0889. The standard InChI is InChI=1S/C5H3N3O2/c9-5-3-1-7-10-4(3)2-6-8-5/h1-2H,(H,8,9). The molecule has 0 saturated heterocycles. The maximum absolute atomic E-state index is 10.8. The Kier molecular flexibility index (Phi) is 0.858. The first-order valence-corrected chi connectivity index (χ1v) is 2.66. The number of H-pyrrole nitrogens is 1. The van der Waals surface area contributed by atoms with Gasteiger partial charge in [-0.15, -0.1) is 0 Å². The second-order valence-corrected chi connectivity index (χ2v) is 1.80. The molecule has 50 valence electrons. The fourth-order valence-electron chi connectivity index (χ4n) is 0.722. The van der Waals surface area contributed by atoms with Gasteiger partial charge in [0.2, 0.25) is 0 Å². The lowest BCUT2D eigenvalue weighted by molar-refractivity contribution is 0.455. The third kappa shape index (κ3) is 0.540. The maximum Gasteiger partial charge on any atom is 0.277 e. The summed E-state index contributed by atoms with van der Waals surface area (Å²) in [4.78, 5) is 10.8. The highest BCUT2D eigenvalue weighted by molar-refractivity contribution is 5.72. The second-order valence-electron chi connectivity index (χ2n) is 1.80. The largest absolute Gasteiger partial charge is 0.354 e. The summed E-state index contributed by atoms with van der Waals surface area (Å²) in [6.45, 7) is 0. The van der Waals surface area contributed by atoms with Gasteiger partial charge in [-0.1, -0.05) is 5.16 Å². The van der Waals surface area contributed by atoms with Crippen LogP contribution in [0.25, 0.3) is 11.0 Å². The quantitative estimate of drug-likeness (QED) is 0.550. The molecule has 0 unspecified atom stereocenters. The Labute approximate surface area is 54.6 Å². The van der Waals surface area contributed by atoms with Crippen LogP contribution in [0.1, 0.15) is 0 Å². The van der Waals surface area contributed by atoms with Gasteiger partial charge >= 0.3 is 0 Å². The molecule has 0 atom stereocenters. The van der Waals surface area contributed by atoms with Gasteiger partial charge in [0.05, 0.1) is 12.4 Å². The number of aromatic amines is 1. The van der Waals surface area contributed by atoms with Crippen LogP contribution in [0, 0.1) is 0 Å². The summed E-state index contributed by atoms with van der Waals surface area (Å²) in [5.41, 5.74) is 0.127. The Hall–Kier alpha value is -1.65. The molecule has 5 nitrogen and oxygen atoms in total. The third-order valence-corrected chi connectivity index (χ3v) is 1.19. The molecule has 0 radical (unpaired) electrons. The first-order chi connectivity index (χ1) is 4.88. The Morgan fingerprint density at radius 1 is 1.50 bits per heavy atom. The highest BCUT2D eigenvalue weighted by Gasteiger charge is 2.00. The van der Waals surface area contributed by atoms with Crippen molar-refractivity contribution in [1.29, 1.82) is 0 Å². The van der Waals surface area contributed by atoms with Gasteiger partial charge in [-0.3, -0.25) is 4.79 Å². The van der Waals surface area contributed by atoms with Crippen molar-refractivity contribution < 1.29 is 4.52 Å². The number of aromatic nitrogens is 3. The van der Waals surface area contributed by atoms with Crippen LogP contribution >= 0.6 is 0 Å².